The molecule has 112 valence electrons. The van der Waals surface area contributed by atoms with Gasteiger partial charge in [0, 0.05) is 11.5 Å². The van der Waals surface area contributed by atoms with Gasteiger partial charge >= 0.3 is 5.97 Å². The Bertz CT molecular complexity index is 855. The second-order valence-electron chi connectivity index (χ2n) is 4.83. The highest BCUT2D eigenvalue weighted by Gasteiger charge is 2.19. The molecule has 6 heteroatoms. The van der Waals surface area contributed by atoms with Crippen molar-refractivity contribution >= 4 is 16.9 Å². The quantitative estimate of drug-likeness (QED) is 0.695. The largest absolute Gasteiger partial charge is 0.481 e. The van der Waals surface area contributed by atoms with Gasteiger partial charge in [-0.25, -0.2) is 14.5 Å². The summed E-state index contributed by atoms with van der Waals surface area (Å²) >= 11 is 0. The van der Waals surface area contributed by atoms with Crippen molar-refractivity contribution in [2.75, 3.05) is 14.2 Å². The summed E-state index contributed by atoms with van der Waals surface area (Å²) in [7, 11) is 2.86. The Morgan fingerprint density at radius 1 is 1.23 bits per heavy atom. The first-order chi connectivity index (χ1) is 10.6. The lowest BCUT2D eigenvalue weighted by Gasteiger charge is -2.04. The third kappa shape index (κ3) is 2.28. The summed E-state index contributed by atoms with van der Waals surface area (Å²) in [5.74, 6) is -0.0777. The van der Waals surface area contributed by atoms with Crippen LogP contribution in [0.25, 0.3) is 16.6 Å². The zero-order valence-electron chi connectivity index (χ0n) is 12.5. The van der Waals surface area contributed by atoms with E-state index in [0.717, 1.165) is 11.3 Å². The maximum Gasteiger partial charge on any atom is 0.359 e. The molecule has 0 aliphatic rings. The van der Waals surface area contributed by atoms with Gasteiger partial charge in [0.25, 0.3) is 0 Å². The van der Waals surface area contributed by atoms with E-state index in [1.54, 1.807) is 16.9 Å². The van der Waals surface area contributed by atoms with Crippen LogP contribution in [-0.2, 0) is 4.74 Å². The van der Waals surface area contributed by atoms with Crippen LogP contribution in [0.4, 0.5) is 0 Å². The van der Waals surface area contributed by atoms with Crippen LogP contribution in [0.1, 0.15) is 16.1 Å². The van der Waals surface area contributed by atoms with Gasteiger partial charge in [-0.3, -0.25) is 0 Å². The second-order valence-corrected chi connectivity index (χ2v) is 4.83. The van der Waals surface area contributed by atoms with Gasteiger partial charge in [-0.2, -0.15) is 5.10 Å². The molecule has 6 nitrogen and oxygen atoms in total. The molecule has 3 rings (SSSR count). The number of rotatable bonds is 3. The molecule has 2 heterocycles. The van der Waals surface area contributed by atoms with Crippen molar-refractivity contribution in [1.82, 2.24) is 14.8 Å². The first kappa shape index (κ1) is 14.1. The molecule has 2 aromatic heterocycles. The van der Waals surface area contributed by atoms with E-state index in [-0.39, 0.29) is 5.69 Å². The predicted molar refractivity (Wildman–Crippen MR) is 81.5 cm³/mol. The van der Waals surface area contributed by atoms with E-state index in [1.807, 2.05) is 31.2 Å². The van der Waals surface area contributed by atoms with Crippen molar-refractivity contribution < 1.29 is 14.3 Å². The van der Waals surface area contributed by atoms with Gasteiger partial charge in [-0.05, 0) is 24.6 Å². The average Bonchev–Trinajstić information content (AvgIpc) is 2.92. The van der Waals surface area contributed by atoms with Crippen LogP contribution < -0.4 is 4.74 Å². The molecule has 0 N–H and O–H groups in total. The zero-order valence-corrected chi connectivity index (χ0v) is 12.5. The number of esters is 1. The summed E-state index contributed by atoms with van der Waals surface area (Å²) in [6.45, 7) is 2.00. The Hall–Kier alpha value is -2.89. The summed E-state index contributed by atoms with van der Waals surface area (Å²) in [5, 5.41) is 5.03. The van der Waals surface area contributed by atoms with Crippen molar-refractivity contribution in [2.24, 2.45) is 0 Å². The summed E-state index contributed by atoms with van der Waals surface area (Å²) in [6, 6.07) is 9.52. The highest BCUT2D eigenvalue weighted by Crippen LogP contribution is 2.25. The maximum absolute atomic E-state index is 12.0. The van der Waals surface area contributed by atoms with E-state index >= 15 is 0 Å². The molecule has 0 bridgehead atoms. The molecule has 0 radical (unpaired) electrons. The smallest absolute Gasteiger partial charge is 0.359 e. The molecule has 0 aliphatic heterocycles. The summed E-state index contributed by atoms with van der Waals surface area (Å²) in [4.78, 5) is 16.2. The lowest BCUT2D eigenvalue weighted by atomic mass is 10.2. The molecular formula is C16H15N3O3. The number of aryl methyl sites for hydroxylation is 1. The number of methoxy groups -OCH3 is 2. The summed E-state index contributed by atoms with van der Waals surface area (Å²) in [6.07, 6.45) is 1.63. The molecule has 0 saturated carbocycles. The normalized spacial score (nSPS) is 10.7. The third-order valence-electron chi connectivity index (χ3n) is 3.38. The Balaban J connectivity index is 2.29. The average molecular weight is 297 g/mol. The van der Waals surface area contributed by atoms with Gasteiger partial charge < -0.3 is 9.47 Å². The summed E-state index contributed by atoms with van der Waals surface area (Å²) < 4.78 is 11.6. The van der Waals surface area contributed by atoms with E-state index in [0.29, 0.717) is 16.8 Å². The van der Waals surface area contributed by atoms with Gasteiger partial charge in [-0.15, -0.1) is 0 Å². The number of pyridine rings is 1. The number of aromatic nitrogens is 3. The van der Waals surface area contributed by atoms with Gasteiger partial charge in [0.1, 0.15) is 0 Å². The Labute approximate surface area is 127 Å². The zero-order chi connectivity index (χ0) is 15.7. The number of benzene rings is 1. The highest BCUT2D eigenvalue weighted by atomic mass is 16.5. The number of fused-ring (bicyclic) bond motifs is 1. The summed E-state index contributed by atoms with van der Waals surface area (Å²) in [5.41, 5.74) is 2.90. The Kier molecular flexibility index (Phi) is 3.50. The predicted octanol–water partition coefficient (Wildman–Crippen LogP) is 2.52. The molecule has 0 unspecified atom stereocenters. The van der Waals surface area contributed by atoms with Gasteiger partial charge in [0.2, 0.25) is 5.88 Å². The Morgan fingerprint density at radius 3 is 2.73 bits per heavy atom. The molecule has 0 amide bonds. The molecule has 0 saturated heterocycles. The first-order valence-corrected chi connectivity index (χ1v) is 6.72. The lowest BCUT2D eigenvalue weighted by Crippen LogP contribution is -2.04. The first-order valence-electron chi connectivity index (χ1n) is 6.72. The van der Waals surface area contributed by atoms with E-state index < -0.39 is 5.97 Å². The van der Waals surface area contributed by atoms with Crippen molar-refractivity contribution in [1.29, 1.82) is 0 Å². The van der Waals surface area contributed by atoms with Crippen molar-refractivity contribution in [3.63, 3.8) is 0 Å². The minimum Gasteiger partial charge on any atom is -0.481 e. The van der Waals surface area contributed by atoms with Gasteiger partial charge in [0.15, 0.2) is 5.69 Å². The minimum absolute atomic E-state index is 0.236. The standard InChI is InChI=1S/C16H15N3O3/c1-10-5-4-6-11(7-10)19-13-9-17-14(21-2)8-12(13)15(18-19)16(20)22-3/h4-9H,1-3H3. The Morgan fingerprint density at radius 2 is 2.05 bits per heavy atom. The third-order valence-corrected chi connectivity index (χ3v) is 3.38. The number of hydrogen-bond donors (Lipinski definition) is 0. The van der Waals surface area contributed by atoms with Gasteiger partial charge in [0.05, 0.1) is 31.6 Å². The molecule has 1 aromatic carbocycles. The van der Waals surface area contributed by atoms with Crippen LogP contribution in [0.3, 0.4) is 0 Å². The second kappa shape index (κ2) is 5.48. The van der Waals surface area contributed by atoms with Crippen molar-refractivity contribution in [3.8, 4) is 11.6 Å². The fourth-order valence-electron chi connectivity index (χ4n) is 2.31. The van der Waals surface area contributed by atoms with Crippen LogP contribution in [0.15, 0.2) is 36.5 Å². The fraction of sp³-hybridized carbons (Fsp3) is 0.188. The van der Waals surface area contributed by atoms with E-state index in [9.17, 15) is 4.79 Å². The molecule has 0 spiro atoms. The van der Waals surface area contributed by atoms with E-state index in [1.165, 1.54) is 14.2 Å². The van der Waals surface area contributed by atoms with Gasteiger partial charge in [-0.1, -0.05) is 12.1 Å². The molecule has 0 atom stereocenters. The maximum atomic E-state index is 12.0. The number of carbonyl (C=O) groups excluding carboxylic acids is 1. The van der Waals surface area contributed by atoms with Crippen LogP contribution >= 0.6 is 0 Å². The highest BCUT2D eigenvalue weighted by molar-refractivity contribution is 6.02. The van der Waals surface area contributed by atoms with E-state index in [4.69, 9.17) is 9.47 Å². The fourth-order valence-corrected chi connectivity index (χ4v) is 2.31. The topological polar surface area (TPSA) is 66.2 Å². The molecule has 0 aliphatic carbocycles. The number of hydrogen-bond acceptors (Lipinski definition) is 5. The monoisotopic (exact) mass is 297 g/mol. The SMILES string of the molecule is COC(=O)c1nn(-c2cccc(C)c2)c2cnc(OC)cc12. The molecule has 3 aromatic rings. The minimum atomic E-state index is -0.496. The van der Waals surface area contributed by atoms with Crippen LogP contribution in [0.2, 0.25) is 0 Å². The number of carbonyl (C=O) groups is 1. The van der Waals surface area contributed by atoms with Crippen LogP contribution in [-0.4, -0.2) is 35.0 Å². The number of nitrogens with zero attached hydrogens (tertiary/aromatic N) is 3. The van der Waals surface area contributed by atoms with Crippen LogP contribution in [0, 0.1) is 6.92 Å². The van der Waals surface area contributed by atoms with Crippen LogP contribution in [0.5, 0.6) is 5.88 Å². The van der Waals surface area contributed by atoms with E-state index in [2.05, 4.69) is 10.1 Å². The molecular weight excluding hydrogens is 282 g/mol. The lowest BCUT2D eigenvalue weighted by molar-refractivity contribution is 0.0595. The molecule has 22 heavy (non-hydrogen) atoms. The number of ether oxygens (including phenoxy) is 2. The molecule has 0 fully saturated rings. The van der Waals surface area contributed by atoms with Crippen molar-refractivity contribution in [2.45, 2.75) is 6.92 Å². The van der Waals surface area contributed by atoms with Crippen molar-refractivity contribution in [3.05, 3.63) is 47.8 Å².